The SMILES string of the molecule is CCOc1ccccc1N(CC(=O)NC(CC)c1ccc(OC)c(C)c1)S(=O)(=O)c1ccc(C)cc1. The van der Waals surface area contributed by atoms with E-state index in [-0.39, 0.29) is 10.9 Å². The summed E-state index contributed by atoms with van der Waals surface area (Å²) in [6.07, 6.45) is 0.637. The first-order valence-electron chi connectivity index (χ1n) is 12.0. The minimum absolute atomic E-state index is 0.102. The Kier molecular flexibility index (Phi) is 8.98. The molecule has 3 aromatic carbocycles. The van der Waals surface area contributed by atoms with E-state index in [9.17, 15) is 13.2 Å². The zero-order valence-corrected chi connectivity index (χ0v) is 22.3. The van der Waals surface area contributed by atoms with Gasteiger partial charge in [-0.15, -0.1) is 0 Å². The van der Waals surface area contributed by atoms with E-state index < -0.39 is 22.5 Å². The Hall–Kier alpha value is -3.52. The number of carbonyl (C=O) groups excluding carboxylic acids is 1. The Morgan fingerprint density at radius 3 is 2.28 bits per heavy atom. The highest BCUT2D eigenvalue weighted by Crippen LogP contribution is 2.33. The lowest BCUT2D eigenvalue weighted by molar-refractivity contribution is -0.120. The van der Waals surface area contributed by atoms with Gasteiger partial charge >= 0.3 is 0 Å². The number of methoxy groups -OCH3 is 1. The second-order valence-corrected chi connectivity index (χ2v) is 10.3. The molecule has 0 heterocycles. The lowest BCUT2D eigenvalue weighted by Gasteiger charge is -2.27. The summed E-state index contributed by atoms with van der Waals surface area (Å²) in [4.78, 5) is 13.4. The van der Waals surface area contributed by atoms with E-state index in [0.29, 0.717) is 24.5 Å². The van der Waals surface area contributed by atoms with Crippen LogP contribution in [0.25, 0.3) is 0 Å². The van der Waals surface area contributed by atoms with Gasteiger partial charge in [0.1, 0.15) is 18.0 Å². The van der Waals surface area contributed by atoms with Gasteiger partial charge in [-0.25, -0.2) is 8.42 Å². The molecule has 0 saturated carbocycles. The average molecular weight is 511 g/mol. The van der Waals surface area contributed by atoms with Crippen LogP contribution in [-0.2, 0) is 14.8 Å². The molecule has 0 saturated heterocycles. The van der Waals surface area contributed by atoms with Crippen molar-refractivity contribution in [1.82, 2.24) is 5.32 Å². The summed E-state index contributed by atoms with van der Waals surface area (Å²) in [6, 6.07) is 18.9. The minimum atomic E-state index is -4.05. The third-order valence-corrected chi connectivity index (χ3v) is 7.67. The van der Waals surface area contributed by atoms with Crippen molar-refractivity contribution >= 4 is 21.6 Å². The summed E-state index contributed by atoms with van der Waals surface area (Å²) < 4.78 is 39.7. The molecule has 0 aliphatic carbocycles. The molecule has 0 bridgehead atoms. The molecule has 36 heavy (non-hydrogen) atoms. The van der Waals surface area contributed by atoms with Gasteiger partial charge in [0.2, 0.25) is 5.91 Å². The van der Waals surface area contributed by atoms with Gasteiger partial charge < -0.3 is 14.8 Å². The molecule has 1 amide bonds. The molecule has 0 aliphatic heterocycles. The molecule has 0 aromatic heterocycles. The molecule has 7 nitrogen and oxygen atoms in total. The van der Waals surface area contributed by atoms with E-state index in [1.165, 1.54) is 0 Å². The van der Waals surface area contributed by atoms with E-state index in [1.54, 1.807) is 55.6 Å². The molecule has 3 aromatic rings. The number of para-hydroxylation sites is 2. The standard InChI is InChI=1S/C28H34N2O5S/c1-6-24(22-14-17-26(34-5)21(4)18-22)29-28(31)19-30(25-10-8-9-11-27(25)35-7-2)36(32,33)23-15-12-20(3)13-16-23/h8-18,24H,6-7,19H2,1-5H3,(H,29,31). The second kappa shape index (κ2) is 11.9. The van der Waals surface area contributed by atoms with Gasteiger partial charge in [-0.3, -0.25) is 9.10 Å². The van der Waals surface area contributed by atoms with Crippen LogP contribution in [0.15, 0.2) is 71.6 Å². The van der Waals surface area contributed by atoms with Crippen LogP contribution < -0.4 is 19.1 Å². The summed E-state index contributed by atoms with van der Waals surface area (Å²) in [5, 5.41) is 3.01. The van der Waals surface area contributed by atoms with Crippen molar-refractivity contribution in [3.05, 3.63) is 83.4 Å². The molecule has 0 radical (unpaired) electrons. The van der Waals surface area contributed by atoms with Gasteiger partial charge in [0.05, 0.1) is 30.3 Å². The van der Waals surface area contributed by atoms with E-state index in [4.69, 9.17) is 9.47 Å². The van der Waals surface area contributed by atoms with Crippen molar-refractivity contribution in [3.63, 3.8) is 0 Å². The predicted octanol–water partition coefficient (Wildman–Crippen LogP) is 5.17. The number of nitrogens with one attached hydrogen (secondary N) is 1. The van der Waals surface area contributed by atoms with E-state index in [0.717, 1.165) is 26.7 Å². The first-order valence-corrected chi connectivity index (χ1v) is 13.4. The second-order valence-electron chi connectivity index (χ2n) is 8.48. The first kappa shape index (κ1) is 27.1. The number of hydrogen-bond donors (Lipinski definition) is 1. The predicted molar refractivity (Wildman–Crippen MR) is 142 cm³/mol. The zero-order chi connectivity index (χ0) is 26.3. The fourth-order valence-corrected chi connectivity index (χ4v) is 5.42. The number of rotatable bonds is 11. The van der Waals surface area contributed by atoms with Crippen LogP contribution in [0.2, 0.25) is 0 Å². The van der Waals surface area contributed by atoms with E-state index in [2.05, 4.69) is 5.32 Å². The van der Waals surface area contributed by atoms with E-state index >= 15 is 0 Å². The molecule has 8 heteroatoms. The lowest BCUT2D eigenvalue weighted by Crippen LogP contribution is -2.42. The third kappa shape index (κ3) is 6.18. The number of anilines is 1. The van der Waals surface area contributed by atoms with Crippen LogP contribution in [0, 0.1) is 13.8 Å². The van der Waals surface area contributed by atoms with Crippen molar-refractivity contribution in [1.29, 1.82) is 0 Å². The van der Waals surface area contributed by atoms with Crippen LogP contribution >= 0.6 is 0 Å². The number of nitrogens with zero attached hydrogens (tertiary/aromatic N) is 1. The van der Waals surface area contributed by atoms with Crippen molar-refractivity contribution in [2.24, 2.45) is 0 Å². The maximum Gasteiger partial charge on any atom is 0.264 e. The topological polar surface area (TPSA) is 84.9 Å². The highest BCUT2D eigenvalue weighted by Gasteiger charge is 2.30. The highest BCUT2D eigenvalue weighted by molar-refractivity contribution is 7.92. The van der Waals surface area contributed by atoms with Crippen LogP contribution in [0.5, 0.6) is 11.5 Å². The number of sulfonamides is 1. The molecule has 192 valence electrons. The van der Waals surface area contributed by atoms with Crippen molar-refractivity contribution in [2.75, 3.05) is 24.6 Å². The summed E-state index contributed by atoms with van der Waals surface area (Å²) >= 11 is 0. The summed E-state index contributed by atoms with van der Waals surface area (Å²) in [6.45, 7) is 7.58. The molecular formula is C28H34N2O5S. The van der Waals surface area contributed by atoms with Crippen LogP contribution in [0.4, 0.5) is 5.69 Å². The number of aryl methyl sites for hydroxylation is 2. The largest absolute Gasteiger partial charge is 0.496 e. The van der Waals surface area contributed by atoms with Crippen molar-refractivity contribution in [3.8, 4) is 11.5 Å². The molecule has 0 spiro atoms. The number of amides is 1. The zero-order valence-electron chi connectivity index (χ0n) is 21.4. The van der Waals surface area contributed by atoms with Crippen LogP contribution in [0.3, 0.4) is 0 Å². The number of hydrogen-bond acceptors (Lipinski definition) is 5. The summed E-state index contributed by atoms with van der Waals surface area (Å²) in [7, 11) is -2.44. The quantitative estimate of drug-likeness (QED) is 0.385. The van der Waals surface area contributed by atoms with Crippen LogP contribution in [-0.4, -0.2) is 34.6 Å². The fraction of sp³-hybridized carbons (Fsp3) is 0.321. The molecule has 1 unspecified atom stereocenters. The van der Waals surface area contributed by atoms with Crippen molar-refractivity contribution in [2.45, 2.75) is 45.1 Å². The minimum Gasteiger partial charge on any atom is -0.496 e. The molecular weight excluding hydrogens is 476 g/mol. The normalized spacial score (nSPS) is 12.0. The Labute approximate surface area is 214 Å². The summed E-state index contributed by atoms with van der Waals surface area (Å²) in [5.41, 5.74) is 3.13. The summed E-state index contributed by atoms with van der Waals surface area (Å²) in [5.74, 6) is 0.737. The molecule has 0 aliphatic rings. The van der Waals surface area contributed by atoms with E-state index in [1.807, 2.05) is 45.9 Å². The third-order valence-electron chi connectivity index (χ3n) is 5.89. The number of ether oxygens (including phenoxy) is 2. The van der Waals surface area contributed by atoms with Crippen molar-refractivity contribution < 1.29 is 22.7 Å². The Bertz CT molecular complexity index is 1290. The smallest absolute Gasteiger partial charge is 0.264 e. The van der Waals surface area contributed by atoms with Gasteiger partial charge in [0.25, 0.3) is 10.0 Å². The maximum absolute atomic E-state index is 13.8. The van der Waals surface area contributed by atoms with Gasteiger partial charge in [0.15, 0.2) is 0 Å². The van der Waals surface area contributed by atoms with Gasteiger partial charge in [-0.2, -0.15) is 0 Å². The molecule has 1 N–H and O–H groups in total. The van der Waals surface area contributed by atoms with Gasteiger partial charge in [-0.1, -0.05) is 48.9 Å². The van der Waals surface area contributed by atoms with Gasteiger partial charge in [0, 0.05) is 0 Å². The number of carbonyl (C=O) groups is 1. The Morgan fingerprint density at radius 2 is 1.67 bits per heavy atom. The Balaban J connectivity index is 1.96. The molecule has 3 rings (SSSR count). The fourth-order valence-electron chi connectivity index (χ4n) is 3.99. The van der Waals surface area contributed by atoms with Crippen LogP contribution in [0.1, 0.15) is 43.0 Å². The molecule has 1 atom stereocenters. The lowest BCUT2D eigenvalue weighted by atomic mass is 10.0. The Morgan fingerprint density at radius 1 is 0.972 bits per heavy atom. The highest BCUT2D eigenvalue weighted by atomic mass is 32.2. The maximum atomic E-state index is 13.8. The number of benzene rings is 3. The van der Waals surface area contributed by atoms with Gasteiger partial charge in [-0.05, 0) is 68.7 Å². The molecule has 0 fully saturated rings. The first-order chi connectivity index (χ1) is 17.2. The monoisotopic (exact) mass is 510 g/mol. The average Bonchev–Trinajstić information content (AvgIpc) is 2.86.